The summed E-state index contributed by atoms with van der Waals surface area (Å²) in [5.74, 6) is 0.522. The number of hydrogen-bond donors (Lipinski definition) is 0. The lowest BCUT2D eigenvalue weighted by Gasteiger charge is -2.48. The summed E-state index contributed by atoms with van der Waals surface area (Å²) in [4.78, 5) is 2.00. The molecule has 19 heavy (non-hydrogen) atoms. The molecule has 1 heterocycles. The lowest BCUT2D eigenvalue weighted by atomic mass is 9.76. The highest BCUT2D eigenvalue weighted by atomic mass is 79.9. The van der Waals surface area contributed by atoms with E-state index in [2.05, 4.69) is 36.7 Å². The Morgan fingerprint density at radius 3 is 2.21 bits per heavy atom. The van der Waals surface area contributed by atoms with E-state index in [9.17, 15) is 13.2 Å². The molecule has 1 aliphatic rings. The van der Waals surface area contributed by atoms with Crippen LogP contribution in [0.1, 0.15) is 26.3 Å². The summed E-state index contributed by atoms with van der Waals surface area (Å²) in [7, 11) is 0. The number of benzene rings is 1. The quantitative estimate of drug-likeness (QED) is 0.701. The Kier molecular flexibility index (Phi) is 3.62. The molecule has 1 nitrogen and oxygen atoms in total. The Bertz CT molecular complexity index is 471. The zero-order valence-electron chi connectivity index (χ0n) is 11.2. The standard InChI is InChI=1S/C14H17BrF3N/c1-13(2,3)10-7-19(8-10)12-6-9(14(16,17)18)4-5-11(12)15/h4-6,10H,7-8H2,1-3H3. The van der Waals surface area contributed by atoms with E-state index < -0.39 is 11.7 Å². The van der Waals surface area contributed by atoms with Gasteiger partial charge < -0.3 is 4.90 Å². The van der Waals surface area contributed by atoms with E-state index in [0.29, 0.717) is 16.1 Å². The fourth-order valence-electron chi connectivity index (χ4n) is 2.15. The number of halogens is 4. The average Bonchev–Trinajstić information content (AvgIpc) is 2.14. The minimum Gasteiger partial charge on any atom is -0.370 e. The maximum Gasteiger partial charge on any atom is 0.416 e. The van der Waals surface area contributed by atoms with Gasteiger partial charge in [-0.05, 0) is 45.5 Å². The molecule has 1 saturated heterocycles. The van der Waals surface area contributed by atoms with E-state index in [1.807, 2.05) is 4.90 Å². The lowest BCUT2D eigenvalue weighted by molar-refractivity contribution is -0.137. The van der Waals surface area contributed by atoms with Gasteiger partial charge in [0.1, 0.15) is 0 Å². The maximum atomic E-state index is 12.7. The molecular weight excluding hydrogens is 319 g/mol. The average molecular weight is 336 g/mol. The Hall–Kier alpha value is -0.710. The van der Waals surface area contributed by atoms with Crippen LogP contribution in [-0.4, -0.2) is 13.1 Å². The highest BCUT2D eigenvalue weighted by Crippen LogP contribution is 2.41. The molecule has 0 amide bonds. The molecule has 1 fully saturated rings. The molecule has 0 aromatic heterocycles. The predicted octanol–water partition coefficient (Wildman–Crippen LogP) is 4.95. The van der Waals surface area contributed by atoms with Crippen LogP contribution in [0, 0.1) is 11.3 Å². The second-order valence-corrected chi connectivity index (χ2v) is 6.99. The van der Waals surface area contributed by atoms with E-state index in [0.717, 1.165) is 19.2 Å². The second-order valence-electron chi connectivity index (χ2n) is 6.13. The van der Waals surface area contributed by atoms with Crippen LogP contribution in [0.25, 0.3) is 0 Å². The number of hydrogen-bond acceptors (Lipinski definition) is 1. The van der Waals surface area contributed by atoms with Gasteiger partial charge in [-0.15, -0.1) is 0 Å². The molecule has 0 atom stereocenters. The molecule has 0 N–H and O–H groups in total. The Labute approximate surface area is 119 Å². The van der Waals surface area contributed by atoms with Gasteiger partial charge in [-0.2, -0.15) is 13.2 Å². The molecule has 0 bridgehead atoms. The third kappa shape index (κ3) is 3.07. The minimum atomic E-state index is -4.29. The van der Waals surface area contributed by atoms with E-state index >= 15 is 0 Å². The summed E-state index contributed by atoms with van der Waals surface area (Å²) >= 11 is 3.33. The first-order chi connectivity index (χ1) is 8.59. The van der Waals surface area contributed by atoms with Crippen LogP contribution in [0.2, 0.25) is 0 Å². The third-order valence-electron chi connectivity index (χ3n) is 3.72. The molecule has 0 saturated carbocycles. The van der Waals surface area contributed by atoms with Crippen molar-refractivity contribution < 1.29 is 13.2 Å². The van der Waals surface area contributed by atoms with E-state index in [1.54, 1.807) is 0 Å². The first kappa shape index (κ1) is 14.7. The van der Waals surface area contributed by atoms with Gasteiger partial charge >= 0.3 is 6.18 Å². The zero-order chi connectivity index (χ0) is 14.4. The summed E-state index contributed by atoms with van der Waals surface area (Å²) in [6.07, 6.45) is -4.29. The monoisotopic (exact) mass is 335 g/mol. The molecule has 1 aliphatic heterocycles. The van der Waals surface area contributed by atoms with Crippen LogP contribution in [0.15, 0.2) is 22.7 Å². The van der Waals surface area contributed by atoms with Crippen molar-refractivity contribution in [1.29, 1.82) is 0 Å². The van der Waals surface area contributed by atoms with Gasteiger partial charge in [-0.3, -0.25) is 0 Å². The fraction of sp³-hybridized carbons (Fsp3) is 0.571. The Balaban J connectivity index is 2.19. The molecule has 2 rings (SSSR count). The number of nitrogens with zero attached hydrogens (tertiary/aromatic N) is 1. The van der Waals surface area contributed by atoms with Gasteiger partial charge in [0.2, 0.25) is 0 Å². The highest BCUT2D eigenvalue weighted by Gasteiger charge is 2.38. The number of alkyl halides is 3. The summed E-state index contributed by atoms with van der Waals surface area (Å²) < 4.78 is 38.9. The van der Waals surface area contributed by atoms with Gasteiger partial charge in [0.05, 0.1) is 11.3 Å². The van der Waals surface area contributed by atoms with Crippen LogP contribution in [0.5, 0.6) is 0 Å². The fourth-order valence-corrected chi connectivity index (χ4v) is 2.65. The summed E-state index contributed by atoms with van der Waals surface area (Å²) in [5.41, 5.74) is 0.241. The summed E-state index contributed by atoms with van der Waals surface area (Å²) in [6.45, 7) is 8.11. The molecular formula is C14H17BrF3N. The van der Waals surface area contributed by atoms with Crippen LogP contribution in [-0.2, 0) is 6.18 Å². The minimum absolute atomic E-state index is 0.199. The Morgan fingerprint density at radius 1 is 1.16 bits per heavy atom. The lowest BCUT2D eigenvalue weighted by Crippen LogP contribution is -2.52. The van der Waals surface area contributed by atoms with Gasteiger partial charge in [-0.1, -0.05) is 20.8 Å². The maximum absolute atomic E-state index is 12.7. The van der Waals surface area contributed by atoms with Crippen molar-refractivity contribution in [2.75, 3.05) is 18.0 Å². The SMILES string of the molecule is CC(C)(C)C1CN(c2cc(C(F)(F)F)ccc2Br)C1. The zero-order valence-corrected chi connectivity index (χ0v) is 12.8. The second kappa shape index (κ2) is 4.69. The van der Waals surface area contributed by atoms with E-state index in [1.165, 1.54) is 12.1 Å². The highest BCUT2D eigenvalue weighted by molar-refractivity contribution is 9.10. The summed E-state index contributed by atoms with van der Waals surface area (Å²) in [5, 5.41) is 0. The molecule has 1 aromatic rings. The van der Waals surface area contributed by atoms with Crippen molar-refractivity contribution in [2.45, 2.75) is 26.9 Å². The van der Waals surface area contributed by atoms with Gasteiger partial charge in [0.25, 0.3) is 0 Å². The normalized spacial score (nSPS) is 17.5. The van der Waals surface area contributed by atoms with Crippen LogP contribution >= 0.6 is 15.9 Å². The smallest absolute Gasteiger partial charge is 0.370 e. The molecule has 0 aliphatic carbocycles. The molecule has 0 unspecified atom stereocenters. The van der Waals surface area contributed by atoms with Crippen molar-refractivity contribution in [3.63, 3.8) is 0 Å². The third-order valence-corrected chi connectivity index (χ3v) is 4.39. The van der Waals surface area contributed by atoms with Gasteiger partial charge in [0, 0.05) is 17.6 Å². The van der Waals surface area contributed by atoms with Crippen LogP contribution < -0.4 is 4.90 Å². The summed E-state index contributed by atoms with van der Waals surface area (Å²) in [6, 6.07) is 3.81. The largest absolute Gasteiger partial charge is 0.416 e. The van der Waals surface area contributed by atoms with Crippen LogP contribution in [0.3, 0.4) is 0 Å². The van der Waals surface area contributed by atoms with E-state index in [4.69, 9.17) is 0 Å². The molecule has 0 radical (unpaired) electrons. The molecule has 106 valence electrons. The molecule has 1 aromatic carbocycles. The van der Waals surface area contributed by atoms with Crippen LogP contribution in [0.4, 0.5) is 18.9 Å². The van der Waals surface area contributed by atoms with Crippen molar-refractivity contribution in [3.8, 4) is 0 Å². The van der Waals surface area contributed by atoms with E-state index in [-0.39, 0.29) is 5.41 Å². The first-order valence-corrected chi connectivity index (χ1v) is 7.00. The van der Waals surface area contributed by atoms with Gasteiger partial charge in [0.15, 0.2) is 0 Å². The topological polar surface area (TPSA) is 3.24 Å². The first-order valence-electron chi connectivity index (χ1n) is 6.21. The van der Waals surface area contributed by atoms with Crippen molar-refractivity contribution in [1.82, 2.24) is 0 Å². The molecule has 5 heteroatoms. The van der Waals surface area contributed by atoms with Gasteiger partial charge in [-0.25, -0.2) is 0 Å². The predicted molar refractivity (Wildman–Crippen MR) is 74.3 cm³/mol. The van der Waals surface area contributed by atoms with Crippen molar-refractivity contribution in [2.24, 2.45) is 11.3 Å². The number of rotatable bonds is 1. The Morgan fingerprint density at radius 2 is 1.74 bits per heavy atom. The van der Waals surface area contributed by atoms with Crippen molar-refractivity contribution >= 4 is 21.6 Å². The molecule has 0 spiro atoms. The van der Waals surface area contributed by atoms with Crippen molar-refractivity contribution in [3.05, 3.63) is 28.2 Å². The number of anilines is 1.